The van der Waals surface area contributed by atoms with Crippen molar-refractivity contribution in [3.63, 3.8) is 0 Å². The summed E-state index contributed by atoms with van der Waals surface area (Å²) in [7, 11) is -3.56. The quantitative estimate of drug-likeness (QED) is 0.638. The minimum Gasteiger partial charge on any atom is -0.466 e. The average molecular weight is 445 g/mol. The number of nitrogens with zero attached hydrogens (tertiary/aromatic N) is 3. The Balaban J connectivity index is 1.45. The number of anilines is 1. The van der Waals surface area contributed by atoms with E-state index in [0.29, 0.717) is 36.1 Å². The number of sulfonamides is 1. The molecule has 31 heavy (non-hydrogen) atoms. The van der Waals surface area contributed by atoms with Gasteiger partial charge in [-0.05, 0) is 62.9 Å². The average Bonchev–Trinajstić information content (AvgIpc) is 3.33. The second-order valence-corrected chi connectivity index (χ2v) is 9.74. The second kappa shape index (κ2) is 8.27. The van der Waals surface area contributed by atoms with E-state index in [1.807, 2.05) is 6.92 Å². The number of hydrogen-bond donors (Lipinski definition) is 1. The van der Waals surface area contributed by atoms with Gasteiger partial charge in [0.25, 0.3) is 11.8 Å². The van der Waals surface area contributed by atoms with E-state index in [9.17, 15) is 13.2 Å². The maximum atomic E-state index is 12.8. The molecule has 10 heteroatoms. The fourth-order valence-corrected chi connectivity index (χ4v) is 5.02. The zero-order valence-corrected chi connectivity index (χ0v) is 18.4. The van der Waals surface area contributed by atoms with Crippen molar-refractivity contribution >= 4 is 21.9 Å². The molecule has 3 heterocycles. The first-order chi connectivity index (χ1) is 14.7. The highest BCUT2D eigenvalue weighted by molar-refractivity contribution is 7.89. The van der Waals surface area contributed by atoms with Gasteiger partial charge in [-0.25, -0.2) is 8.42 Å². The van der Waals surface area contributed by atoms with Crippen molar-refractivity contribution in [2.24, 2.45) is 5.92 Å². The highest BCUT2D eigenvalue weighted by Gasteiger charge is 2.28. The smallest absolute Gasteiger partial charge is 0.322 e. The number of carbonyl (C=O) groups excluding carboxylic acids is 1. The third-order valence-electron chi connectivity index (χ3n) is 5.41. The van der Waals surface area contributed by atoms with E-state index in [4.69, 9.17) is 8.83 Å². The van der Waals surface area contributed by atoms with Gasteiger partial charge in [0.2, 0.25) is 10.0 Å². The summed E-state index contributed by atoms with van der Waals surface area (Å²) in [5.41, 5.74) is 0.938. The topological polar surface area (TPSA) is 119 Å². The Kier molecular flexibility index (Phi) is 5.67. The van der Waals surface area contributed by atoms with Gasteiger partial charge in [-0.3, -0.25) is 10.1 Å². The molecule has 0 spiro atoms. The van der Waals surface area contributed by atoms with Crippen molar-refractivity contribution in [1.29, 1.82) is 0 Å². The second-order valence-electron chi connectivity index (χ2n) is 7.80. The van der Waals surface area contributed by atoms with Crippen LogP contribution >= 0.6 is 0 Å². The van der Waals surface area contributed by atoms with Crippen LogP contribution in [-0.4, -0.2) is 41.9 Å². The molecular weight excluding hydrogens is 420 g/mol. The van der Waals surface area contributed by atoms with Crippen molar-refractivity contribution in [1.82, 2.24) is 14.5 Å². The number of hydrogen-bond acceptors (Lipinski definition) is 7. The van der Waals surface area contributed by atoms with Crippen LogP contribution in [-0.2, 0) is 10.0 Å². The minimum absolute atomic E-state index is 0.0580. The molecule has 1 fully saturated rings. The summed E-state index contributed by atoms with van der Waals surface area (Å²) in [6.45, 7) is 6.75. The lowest BCUT2D eigenvalue weighted by atomic mass is 10.0. The fourth-order valence-electron chi connectivity index (χ4n) is 3.55. The van der Waals surface area contributed by atoms with Gasteiger partial charge in [0.15, 0.2) is 0 Å². The standard InChI is InChI=1S/C21H24N4O5S/c1-13-8-10-25(11-9-13)31(27,28)17-6-4-16(5-7-17)19(26)22-21-24-23-20(30-21)18-12-14(2)29-15(18)3/h4-7,12-13H,8-11H2,1-3H3,(H,22,24,26). The zero-order valence-electron chi connectivity index (χ0n) is 17.6. The third kappa shape index (κ3) is 4.40. The van der Waals surface area contributed by atoms with E-state index < -0.39 is 15.9 Å². The maximum absolute atomic E-state index is 12.8. The van der Waals surface area contributed by atoms with E-state index >= 15 is 0 Å². The van der Waals surface area contributed by atoms with Gasteiger partial charge in [0.05, 0.1) is 10.5 Å². The van der Waals surface area contributed by atoms with E-state index in [1.165, 1.54) is 28.6 Å². The van der Waals surface area contributed by atoms with Crippen LogP contribution in [0, 0.1) is 19.8 Å². The van der Waals surface area contributed by atoms with Gasteiger partial charge in [-0.2, -0.15) is 4.31 Å². The van der Waals surface area contributed by atoms with Gasteiger partial charge < -0.3 is 8.83 Å². The maximum Gasteiger partial charge on any atom is 0.322 e. The molecule has 1 saturated heterocycles. The number of benzene rings is 1. The van der Waals surface area contributed by atoms with Crippen LogP contribution in [0.15, 0.2) is 44.1 Å². The zero-order chi connectivity index (χ0) is 22.2. The number of aryl methyl sites for hydroxylation is 2. The first kappa shape index (κ1) is 21.3. The number of piperidine rings is 1. The summed E-state index contributed by atoms with van der Waals surface area (Å²) < 4.78 is 38.1. The van der Waals surface area contributed by atoms with Crippen LogP contribution < -0.4 is 5.32 Å². The van der Waals surface area contributed by atoms with E-state index in [2.05, 4.69) is 22.4 Å². The third-order valence-corrected chi connectivity index (χ3v) is 7.33. The van der Waals surface area contributed by atoms with Crippen molar-refractivity contribution in [3.05, 3.63) is 47.4 Å². The normalized spacial score (nSPS) is 15.8. The van der Waals surface area contributed by atoms with Crippen molar-refractivity contribution < 1.29 is 22.0 Å². The lowest BCUT2D eigenvalue weighted by Gasteiger charge is -2.29. The molecule has 1 aliphatic heterocycles. The molecule has 0 atom stereocenters. The number of aromatic nitrogens is 2. The lowest BCUT2D eigenvalue weighted by Crippen LogP contribution is -2.37. The van der Waals surface area contributed by atoms with Crippen molar-refractivity contribution in [2.45, 2.75) is 38.5 Å². The van der Waals surface area contributed by atoms with Gasteiger partial charge >= 0.3 is 6.01 Å². The SMILES string of the molecule is Cc1cc(-c2nnc(NC(=O)c3ccc(S(=O)(=O)N4CCC(C)CC4)cc3)o2)c(C)o1. The lowest BCUT2D eigenvalue weighted by molar-refractivity contribution is 0.102. The molecular formula is C21H24N4O5S. The summed E-state index contributed by atoms with van der Waals surface area (Å²) in [5.74, 6) is 1.64. The monoisotopic (exact) mass is 444 g/mol. The largest absolute Gasteiger partial charge is 0.466 e. The van der Waals surface area contributed by atoms with Crippen molar-refractivity contribution in [3.8, 4) is 11.5 Å². The highest BCUT2D eigenvalue weighted by Crippen LogP contribution is 2.27. The predicted octanol–water partition coefficient (Wildman–Crippen LogP) is 3.62. The van der Waals surface area contributed by atoms with E-state index in [-0.39, 0.29) is 22.4 Å². The molecule has 1 aromatic carbocycles. The van der Waals surface area contributed by atoms with Gasteiger partial charge in [0.1, 0.15) is 11.5 Å². The summed E-state index contributed by atoms with van der Waals surface area (Å²) in [5, 5.41) is 10.3. The summed E-state index contributed by atoms with van der Waals surface area (Å²) in [6.07, 6.45) is 1.70. The minimum atomic E-state index is -3.56. The Hall–Kier alpha value is -2.98. The van der Waals surface area contributed by atoms with E-state index in [1.54, 1.807) is 13.0 Å². The molecule has 1 N–H and O–H groups in total. The predicted molar refractivity (Wildman–Crippen MR) is 113 cm³/mol. The molecule has 0 unspecified atom stereocenters. The van der Waals surface area contributed by atoms with Gasteiger partial charge in [-0.15, -0.1) is 5.10 Å². The molecule has 0 radical (unpaired) electrons. The molecule has 164 valence electrons. The Morgan fingerprint density at radius 3 is 2.39 bits per heavy atom. The number of rotatable bonds is 5. The summed E-state index contributed by atoms with van der Waals surface area (Å²) >= 11 is 0. The number of furan rings is 1. The first-order valence-corrected chi connectivity index (χ1v) is 11.5. The summed E-state index contributed by atoms with van der Waals surface area (Å²) in [6, 6.07) is 7.54. The van der Waals surface area contributed by atoms with Crippen LogP contribution in [0.4, 0.5) is 6.01 Å². The van der Waals surface area contributed by atoms with Crippen molar-refractivity contribution in [2.75, 3.05) is 18.4 Å². The van der Waals surface area contributed by atoms with Gasteiger partial charge in [0, 0.05) is 18.7 Å². The van der Waals surface area contributed by atoms with Crippen LogP contribution in [0.2, 0.25) is 0 Å². The highest BCUT2D eigenvalue weighted by atomic mass is 32.2. The molecule has 9 nitrogen and oxygen atoms in total. The Morgan fingerprint density at radius 2 is 1.77 bits per heavy atom. The molecule has 0 saturated carbocycles. The van der Waals surface area contributed by atoms with E-state index in [0.717, 1.165) is 12.8 Å². The fraction of sp³-hybridized carbons (Fsp3) is 0.381. The first-order valence-electron chi connectivity index (χ1n) is 10.1. The number of amides is 1. The molecule has 1 amide bonds. The molecule has 2 aromatic heterocycles. The Morgan fingerprint density at radius 1 is 1.10 bits per heavy atom. The Labute approximate surface area is 180 Å². The van der Waals surface area contributed by atoms with Crippen LogP contribution in [0.25, 0.3) is 11.5 Å². The summed E-state index contributed by atoms with van der Waals surface area (Å²) in [4.78, 5) is 12.7. The van der Waals surface area contributed by atoms with Crippen LogP contribution in [0.5, 0.6) is 0 Å². The Bertz CT molecular complexity index is 1190. The molecule has 1 aliphatic rings. The molecule has 0 bridgehead atoms. The molecule has 3 aromatic rings. The molecule has 0 aliphatic carbocycles. The van der Waals surface area contributed by atoms with Gasteiger partial charge in [-0.1, -0.05) is 12.0 Å². The number of carbonyl (C=O) groups is 1. The number of nitrogens with one attached hydrogen (secondary N) is 1. The van der Waals surface area contributed by atoms with Crippen LogP contribution in [0.3, 0.4) is 0 Å². The molecule has 4 rings (SSSR count). The van der Waals surface area contributed by atoms with Crippen LogP contribution in [0.1, 0.15) is 41.6 Å².